The molecule has 1 aromatic carbocycles. The van der Waals surface area contributed by atoms with Crippen molar-refractivity contribution in [3.05, 3.63) is 34.3 Å². The average molecular weight is 264 g/mol. The highest BCUT2D eigenvalue weighted by atomic mass is 35.5. The van der Waals surface area contributed by atoms with Crippen LogP contribution in [0.2, 0.25) is 5.02 Å². The molecule has 0 bridgehead atoms. The fourth-order valence-electron chi connectivity index (χ4n) is 1.81. The van der Waals surface area contributed by atoms with E-state index in [2.05, 4.69) is 5.32 Å². The van der Waals surface area contributed by atoms with Crippen LogP contribution in [0.15, 0.2) is 18.2 Å². The lowest BCUT2D eigenvalue weighted by Gasteiger charge is -2.21. The third-order valence-corrected chi connectivity index (χ3v) is 3.45. The van der Waals surface area contributed by atoms with Gasteiger partial charge in [0, 0.05) is 11.6 Å². The van der Waals surface area contributed by atoms with Crippen molar-refractivity contribution in [2.45, 2.75) is 38.0 Å². The molecule has 0 atom stereocenters. The molecular formula is C12H13ClF3N. The van der Waals surface area contributed by atoms with E-state index in [1.165, 1.54) is 0 Å². The van der Waals surface area contributed by atoms with E-state index >= 15 is 0 Å². The van der Waals surface area contributed by atoms with E-state index in [-0.39, 0.29) is 19.4 Å². The normalized spacial score (nSPS) is 18.2. The Morgan fingerprint density at radius 2 is 2.00 bits per heavy atom. The molecule has 0 amide bonds. The van der Waals surface area contributed by atoms with Crippen LogP contribution in [0.25, 0.3) is 0 Å². The maximum atomic E-state index is 12.7. The van der Waals surface area contributed by atoms with E-state index in [1.54, 1.807) is 18.2 Å². The number of nitrogens with one attached hydrogen (secondary N) is 1. The standard InChI is InChI=1S/C12H13ClF3N/c1-8-6-10(13)3-2-9(8)7-17-11(4-5-11)12(14,15)16/h2-3,6,17H,4-5,7H2,1H3. The smallest absolute Gasteiger partial charge is 0.299 e. The second kappa shape index (κ2) is 4.18. The van der Waals surface area contributed by atoms with Crippen LogP contribution in [0.4, 0.5) is 13.2 Å². The van der Waals surface area contributed by atoms with E-state index in [0.29, 0.717) is 5.02 Å². The Labute approximate surface area is 103 Å². The van der Waals surface area contributed by atoms with Crippen LogP contribution in [0, 0.1) is 6.92 Å². The Balaban J connectivity index is 2.04. The third kappa shape index (κ3) is 2.58. The molecule has 0 unspecified atom stereocenters. The van der Waals surface area contributed by atoms with Gasteiger partial charge >= 0.3 is 6.18 Å². The summed E-state index contributed by atoms with van der Waals surface area (Å²) in [5.74, 6) is 0. The van der Waals surface area contributed by atoms with Crippen molar-refractivity contribution >= 4 is 11.6 Å². The van der Waals surface area contributed by atoms with E-state index in [1.807, 2.05) is 6.92 Å². The topological polar surface area (TPSA) is 12.0 Å². The molecule has 1 aliphatic carbocycles. The van der Waals surface area contributed by atoms with Crippen molar-refractivity contribution in [1.82, 2.24) is 5.32 Å². The highest BCUT2D eigenvalue weighted by molar-refractivity contribution is 6.30. The first kappa shape index (κ1) is 12.7. The van der Waals surface area contributed by atoms with Gasteiger partial charge in [0.1, 0.15) is 5.54 Å². The molecule has 0 heterocycles. The average Bonchev–Trinajstić information content (AvgIpc) is 2.96. The number of rotatable bonds is 3. The summed E-state index contributed by atoms with van der Waals surface area (Å²) in [4.78, 5) is 0. The molecule has 1 N–H and O–H groups in total. The lowest BCUT2D eigenvalue weighted by Crippen LogP contribution is -2.44. The Hall–Kier alpha value is -0.740. The summed E-state index contributed by atoms with van der Waals surface area (Å²) in [7, 11) is 0. The van der Waals surface area contributed by atoms with Crippen molar-refractivity contribution in [2.24, 2.45) is 0 Å². The third-order valence-electron chi connectivity index (χ3n) is 3.21. The van der Waals surface area contributed by atoms with Crippen LogP contribution in [-0.4, -0.2) is 11.7 Å². The zero-order chi connectivity index (χ0) is 12.7. The summed E-state index contributed by atoms with van der Waals surface area (Å²) in [5, 5.41) is 3.22. The maximum absolute atomic E-state index is 12.7. The molecule has 0 spiro atoms. The first-order chi connectivity index (χ1) is 7.84. The zero-order valence-corrected chi connectivity index (χ0v) is 10.1. The molecule has 1 saturated carbocycles. The summed E-state index contributed by atoms with van der Waals surface area (Å²) in [6.07, 6.45) is -3.82. The van der Waals surface area contributed by atoms with Gasteiger partial charge in [0.2, 0.25) is 0 Å². The molecule has 2 rings (SSSR count). The second-order valence-electron chi connectivity index (χ2n) is 4.50. The van der Waals surface area contributed by atoms with Crippen LogP contribution >= 0.6 is 11.6 Å². The molecule has 0 aromatic heterocycles. The molecule has 5 heteroatoms. The maximum Gasteiger partial charge on any atom is 0.406 e. The minimum atomic E-state index is -4.16. The predicted molar refractivity (Wildman–Crippen MR) is 61.0 cm³/mol. The van der Waals surface area contributed by atoms with Crippen LogP contribution < -0.4 is 5.32 Å². The molecule has 0 saturated heterocycles. The van der Waals surface area contributed by atoms with Gasteiger partial charge in [-0.15, -0.1) is 0 Å². The monoisotopic (exact) mass is 263 g/mol. The van der Waals surface area contributed by atoms with Gasteiger partial charge in [0.25, 0.3) is 0 Å². The number of alkyl halides is 3. The van der Waals surface area contributed by atoms with Gasteiger partial charge in [-0.3, -0.25) is 5.32 Å². The van der Waals surface area contributed by atoms with Gasteiger partial charge in [0.05, 0.1) is 0 Å². The first-order valence-electron chi connectivity index (χ1n) is 5.41. The van der Waals surface area contributed by atoms with Gasteiger partial charge in [-0.2, -0.15) is 13.2 Å². The molecule has 1 aromatic rings. The molecule has 94 valence electrons. The molecule has 17 heavy (non-hydrogen) atoms. The minimum absolute atomic E-state index is 0.170. The van der Waals surface area contributed by atoms with E-state index in [9.17, 15) is 13.2 Å². The van der Waals surface area contributed by atoms with Gasteiger partial charge < -0.3 is 0 Å². The SMILES string of the molecule is Cc1cc(Cl)ccc1CNC1(C(F)(F)F)CC1. The van der Waals surface area contributed by atoms with Crippen LogP contribution in [-0.2, 0) is 6.54 Å². The van der Waals surface area contributed by atoms with Gasteiger partial charge in [-0.05, 0) is 43.0 Å². The first-order valence-corrected chi connectivity index (χ1v) is 5.79. The quantitative estimate of drug-likeness (QED) is 0.874. The Morgan fingerprint density at radius 3 is 2.47 bits per heavy atom. The number of benzene rings is 1. The Morgan fingerprint density at radius 1 is 1.35 bits per heavy atom. The number of hydrogen-bond acceptors (Lipinski definition) is 1. The van der Waals surface area contributed by atoms with Gasteiger partial charge in [-0.25, -0.2) is 0 Å². The van der Waals surface area contributed by atoms with E-state index < -0.39 is 11.7 Å². The lowest BCUT2D eigenvalue weighted by molar-refractivity contribution is -0.166. The van der Waals surface area contributed by atoms with Crippen LogP contribution in [0.1, 0.15) is 24.0 Å². The highest BCUT2D eigenvalue weighted by Gasteiger charge is 2.62. The summed E-state index contributed by atoms with van der Waals surface area (Å²) >= 11 is 5.79. The largest absolute Gasteiger partial charge is 0.406 e. The van der Waals surface area contributed by atoms with E-state index in [0.717, 1.165) is 11.1 Å². The molecule has 1 nitrogen and oxygen atoms in total. The number of aryl methyl sites for hydroxylation is 1. The van der Waals surface area contributed by atoms with Crippen molar-refractivity contribution in [3.8, 4) is 0 Å². The van der Waals surface area contributed by atoms with Crippen molar-refractivity contribution in [1.29, 1.82) is 0 Å². The van der Waals surface area contributed by atoms with Crippen LogP contribution in [0.5, 0.6) is 0 Å². The molecule has 1 aliphatic rings. The summed E-state index contributed by atoms with van der Waals surface area (Å²) in [6, 6.07) is 5.21. The second-order valence-corrected chi connectivity index (χ2v) is 4.94. The fraction of sp³-hybridized carbons (Fsp3) is 0.500. The van der Waals surface area contributed by atoms with Crippen molar-refractivity contribution in [3.63, 3.8) is 0 Å². The molecule has 0 radical (unpaired) electrons. The number of halogens is 4. The summed E-state index contributed by atoms with van der Waals surface area (Å²) in [6.45, 7) is 2.07. The number of hydrogen-bond donors (Lipinski definition) is 1. The summed E-state index contributed by atoms with van der Waals surface area (Å²) in [5.41, 5.74) is 0.104. The Bertz CT molecular complexity index is 424. The molecule has 1 fully saturated rings. The lowest BCUT2D eigenvalue weighted by atomic mass is 10.1. The minimum Gasteiger partial charge on any atom is -0.299 e. The van der Waals surface area contributed by atoms with Crippen molar-refractivity contribution < 1.29 is 13.2 Å². The molecule has 0 aliphatic heterocycles. The zero-order valence-electron chi connectivity index (χ0n) is 9.37. The van der Waals surface area contributed by atoms with Gasteiger partial charge in [-0.1, -0.05) is 17.7 Å². The molecular weight excluding hydrogens is 251 g/mol. The highest BCUT2D eigenvalue weighted by Crippen LogP contribution is 2.49. The fourth-order valence-corrected chi connectivity index (χ4v) is 2.03. The van der Waals surface area contributed by atoms with Gasteiger partial charge in [0.15, 0.2) is 0 Å². The van der Waals surface area contributed by atoms with Crippen LogP contribution in [0.3, 0.4) is 0 Å². The summed E-state index contributed by atoms with van der Waals surface area (Å²) < 4.78 is 38.0. The van der Waals surface area contributed by atoms with E-state index in [4.69, 9.17) is 11.6 Å². The Kier molecular flexibility index (Phi) is 3.12. The van der Waals surface area contributed by atoms with Crippen molar-refractivity contribution in [2.75, 3.05) is 0 Å². The predicted octanol–water partition coefficient (Wildman–Crippen LogP) is 3.83.